The molecule has 0 bridgehead atoms. The fourth-order valence-corrected chi connectivity index (χ4v) is 4.73. The number of methoxy groups -OCH3 is 1. The van der Waals surface area contributed by atoms with E-state index in [9.17, 15) is 9.90 Å². The quantitative estimate of drug-likeness (QED) is 0.346. The number of pyridine rings is 1. The van der Waals surface area contributed by atoms with E-state index in [1.165, 1.54) is 13.3 Å². The van der Waals surface area contributed by atoms with E-state index in [1.54, 1.807) is 46.1 Å². The summed E-state index contributed by atoms with van der Waals surface area (Å²) in [4.78, 5) is 23.4. The smallest absolute Gasteiger partial charge is 0.244 e. The van der Waals surface area contributed by atoms with Gasteiger partial charge in [0.25, 0.3) is 0 Å². The van der Waals surface area contributed by atoms with E-state index in [2.05, 4.69) is 25.5 Å². The van der Waals surface area contributed by atoms with Crippen LogP contribution in [0.4, 0.5) is 5.69 Å². The third-order valence-corrected chi connectivity index (χ3v) is 6.69. The van der Waals surface area contributed by atoms with Crippen molar-refractivity contribution in [1.82, 2.24) is 34.3 Å². The standard InChI is InChI=1S/C24H27ClN8O3/c1-31(16-6-3-4-7-16)20(34)14-32-13-19(21(30-32)17-10-15(25)11-27-24(17)36-2)29-23(35)18-12-28-33-9-5-8-26-22(18)33/h5,8-13,16,23,29,35H,3-4,6-7,14H2,1-2H3. The summed E-state index contributed by atoms with van der Waals surface area (Å²) in [6.07, 6.45) is 11.2. The summed E-state index contributed by atoms with van der Waals surface area (Å²) < 4.78 is 8.56. The molecule has 11 nitrogen and oxygen atoms in total. The number of ether oxygens (including phenoxy) is 1. The number of likely N-dealkylation sites (N-methyl/N-ethyl adjacent to an activating group) is 1. The lowest BCUT2D eigenvalue weighted by Crippen LogP contribution is -2.37. The minimum absolute atomic E-state index is 0.0361. The number of halogens is 1. The van der Waals surface area contributed by atoms with Gasteiger partial charge in [0.1, 0.15) is 12.2 Å². The Morgan fingerprint density at radius 3 is 2.92 bits per heavy atom. The number of nitrogens with zero attached hydrogens (tertiary/aromatic N) is 7. The molecule has 2 N–H and O–H groups in total. The molecular weight excluding hydrogens is 484 g/mol. The van der Waals surface area contributed by atoms with Crippen LogP contribution in [-0.4, -0.2) is 65.5 Å². The number of amides is 1. The molecule has 1 aliphatic carbocycles. The van der Waals surface area contributed by atoms with Crippen LogP contribution in [0.2, 0.25) is 5.02 Å². The Kier molecular flexibility index (Phi) is 6.75. The van der Waals surface area contributed by atoms with Crippen molar-refractivity contribution in [2.24, 2.45) is 0 Å². The highest BCUT2D eigenvalue weighted by atomic mass is 35.5. The third-order valence-electron chi connectivity index (χ3n) is 6.48. The average Bonchev–Trinajstić information content (AvgIpc) is 3.63. The number of carbonyl (C=O) groups is 1. The summed E-state index contributed by atoms with van der Waals surface area (Å²) in [7, 11) is 3.34. The number of fused-ring (bicyclic) bond motifs is 1. The minimum Gasteiger partial charge on any atom is -0.481 e. The maximum atomic E-state index is 13.0. The largest absolute Gasteiger partial charge is 0.481 e. The summed E-state index contributed by atoms with van der Waals surface area (Å²) in [5, 5.41) is 23.4. The second-order valence-corrected chi connectivity index (χ2v) is 9.21. The maximum Gasteiger partial charge on any atom is 0.244 e. The van der Waals surface area contributed by atoms with Crippen molar-refractivity contribution < 1.29 is 14.6 Å². The molecule has 5 rings (SSSR count). The predicted molar refractivity (Wildman–Crippen MR) is 134 cm³/mol. The van der Waals surface area contributed by atoms with Gasteiger partial charge >= 0.3 is 0 Å². The molecule has 1 fully saturated rings. The van der Waals surface area contributed by atoms with Crippen LogP contribution in [0.3, 0.4) is 0 Å². The first-order chi connectivity index (χ1) is 17.4. The van der Waals surface area contributed by atoms with Gasteiger partial charge in [-0.15, -0.1) is 0 Å². The van der Waals surface area contributed by atoms with Gasteiger partial charge in [-0.25, -0.2) is 14.5 Å². The van der Waals surface area contributed by atoms with Crippen molar-refractivity contribution >= 4 is 28.8 Å². The SMILES string of the molecule is COc1ncc(Cl)cc1-c1nn(CC(=O)N(C)C2CCCC2)cc1NC(O)c1cnn2cccnc12. The van der Waals surface area contributed by atoms with Crippen LogP contribution in [0.25, 0.3) is 16.9 Å². The van der Waals surface area contributed by atoms with Crippen molar-refractivity contribution in [3.63, 3.8) is 0 Å². The number of hydrogen-bond donors (Lipinski definition) is 2. The molecule has 12 heteroatoms. The van der Waals surface area contributed by atoms with Gasteiger partial charge in [-0.1, -0.05) is 24.4 Å². The zero-order valence-electron chi connectivity index (χ0n) is 20.0. The van der Waals surface area contributed by atoms with Crippen LogP contribution in [-0.2, 0) is 11.3 Å². The van der Waals surface area contributed by atoms with Crippen LogP contribution in [0.5, 0.6) is 5.88 Å². The lowest BCUT2D eigenvalue weighted by atomic mass is 10.1. The summed E-state index contributed by atoms with van der Waals surface area (Å²) >= 11 is 6.23. The van der Waals surface area contributed by atoms with Crippen molar-refractivity contribution in [1.29, 1.82) is 0 Å². The predicted octanol–water partition coefficient (Wildman–Crippen LogP) is 3.15. The Balaban J connectivity index is 1.48. The van der Waals surface area contributed by atoms with Crippen molar-refractivity contribution in [3.05, 3.63) is 53.7 Å². The van der Waals surface area contributed by atoms with Crippen molar-refractivity contribution in [3.8, 4) is 17.1 Å². The number of aliphatic hydroxyl groups excluding tert-OH is 1. The molecule has 1 amide bonds. The third kappa shape index (κ3) is 4.71. The Labute approximate surface area is 212 Å². The zero-order valence-corrected chi connectivity index (χ0v) is 20.8. The van der Waals surface area contributed by atoms with Crippen molar-refractivity contribution in [2.75, 3.05) is 19.5 Å². The van der Waals surface area contributed by atoms with Crippen LogP contribution >= 0.6 is 11.6 Å². The van der Waals surface area contributed by atoms with E-state index in [1.807, 2.05) is 11.9 Å². The van der Waals surface area contributed by atoms with Gasteiger partial charge in [0.15, 0.2) is 11.9 Å². The molecule has 4 heterocycles. The summed E-state index contributed by atoms with van der Waals surface area (Å²) in [5.41, 5.74) is 2.43. The van der Waals surface area contributed by atoms with Gasteiger partial charge in [-0.3, -0.25) is 9.48 Å². The highest BCUT2D eigenvalue weighted by Gasteiger charge is 2.26. The molecule has 4 aromatic heterocycles. The fourth-order valence-electron chi connectivity index (χ4n) is 4.57. The van der Waals surface area contributed by atoms with E-state index >= 15 is 0 Å². The average molecular weight is 511 g/mol. The lowest BCUT2D eigenvalue weighted by molar-refractivity contribution is -0.132. The van der Waals surface area contributed by atoms with Crippen LogP contribution in [0, 0.1) is 0 Å². The monoisotopic (exact) mass is 510 g/mol. The molecule has 1 unspecified atom stereocenters. The van der Waals surface area contributed by atoms with Gasteiger partial charge in [-0.2, -0.15) is 10.2 Å². The second kappa shape index (κ2) is 10.1. The lowest BCUT2D eigenvalue weighted by Gasteiger charge is -2.24. The number of aromatic nitrogens is 6. The zero-order chi connectivity index (χ0) is 25.2. The molecule has 1 saturated carbocycles. The molecule has 36 heavy (non-hydrogen) atoms. The highest BCUT2D eigenvalue weighted by molar-refractivity contribution is 6.30. The van der Waals surface area contributed by atoms with E-state index < -0.39 is 6.23 Å². The summed E-state index contributed by atoms with van der Waals surface area (Å²) in [5.74, 6) is 0.278. The molecule has 0 radical (unpaired) electrons. The summed E-state index contributed by atoms with van der Waals surface area (Å²) in [6, 6.07) is 3.69. The molecule has 1 aliphatic rings. The van der Waals surface area contributed by atoms with Gasteiger partial charge in [0.2, 0.25) is 11.8 Å². The summed E-state index contributed by atoms with van der Waals surface area (Å²) in [6.45, 7) is 0.0480. The van der Waals surface area contributed by atoms with Crippen LogP contribution in [0.1, 0.15) is 37.5 Å². The number of nitrogens with one attached hydrogen (secondary N) is 1. The van der Waals surface area contributed by atoms with Crippen molar-refractivity contribution in [2.45, 2.75) is 44.5 Å². The number of rotatable bonds is 8. The maximum absolute atomic E-state index is 13.0. The van der Waals surface area contributed by atoms with Crippen LogP contribution in [0.15, 0.2) is 43.1 Å². The Bertz CT molecular complexity index is 1380. The molecule has 188 valence electrons. The molecule has 0 aliphatic heterocycles. The van der Waals surface area contributed by atoms with E-state index in [0.717, 1.165) is 25.7 Å². The topological polar surface area (TPSA) is 123 Å². The first-order valence-corrected chi connectivity index (χ1v) is 12.1. The Morgan fingerprint density at radius 2 is 2.14 bits per heavy atom. The number of hydrogen-bond acceptors (Lipinski definition) is 8. The minimum atomic E-state index is -1.15. The second-order valence-electron chi connectivity index (χ2n) is 8.78. The fraction of sp³-hybridized carbons (Fsp3) is 0.375. The normalized spacial score (nSPS) is 14.8. The number of carbonyl (C=O) groups excluding carboxylic acids is 1. The highest BCUT2D eigenvalue weighted by Crippen LogP contribution is 2.36. The Hall–Kier alpha value is -3.70. The number of aliphatic hydroxyl groups is 1. The molecule has 0 spiro atoms. The number of anilines is 1. The molecule has 4 aromatic rings. The van der Waals surface area contributed by atoms with E-state index in [4.69, 9.17) is 16.3 Å². The molecular formula is C24H27ClN8O3. The van der Waals surface area contributed by atoms with Gasteiger partial charge in [-0.05, 0) is 25.0 Å². The molecule has 0 aromatic carbocycles. The van der Waals surface area contributed by atoms with Crippen LogP contribution < -0.4 is 10.1 Å². The Morgan fingerprint density at radius 1 is 1.33 bits per heavy atom. The van der Waals surface area contributed by atoms with E-state index in [0.29, 0.717) is 39.1 Å². The van der Waals surface area contributed by atoms with Gasteiger partial charge < -0.3 is 20.1 Å². The molecule has 1 atom stereocenters. The van der Waals surface area contributed by atoms with E-state index in [-0.39, 0.29) is 18.5 Å². The molecule has 0 saturated heterocycles. The first-order valence-electron chi connectivity index (χ1n) is 11.7. The van der Waals surface area contributed by atoms with Gasteiger partial charge in [0.05, 0.1) is 35.1 Å². The van der Waals surface area contributed by atoms with Gasteiger partial charge in [0, 0.05) is 37.9 Å². The first kappa shape index (κ1) is 24.0.